The summed E-state index contributed by atoms with van der Waals surface area (Å²) in [6.07, 6.45) is 5.50. The molecule has 0 radical (unpaired) electrons. The highest BCUT2D eigenvalue weighted by atomic mass is 19.2. The zero-order valence-corrected chi connectivity index (χ0v) is 16.2. The fraction of sp³-hybridized carbons (Fsp3) is 0.417. The van der Waals surface area contributed by atoms with E-state index in [1.807, 2.05) is 0 Å². The molecule has 0 amide bonds. The van der Waals surface area contributed by atoms with Crippen LogP contribution in [-0.4, -0.2) is 6.61 Å². The van der Waals surface area contributed by atoms with Crippen LogP contribution in [0.4, 0.5) is 17.6 Å². The van der Waals surface area contributed by atoms with Crippen molar-refractivity contribution in [2.45, 2.75) is 50.5 Å². The first-order chi connectivity index (χ1) is 14.0. The fourth-order valence-corrected chi connectivity index (χ4v) is 4.45. The zero-order valence-electron chi connectivity index (χ0n) is 16.2. The van der Waals surface area contributed by atoms with Gasteiger partial charge < -0.3 is 4.74 Å². The summed E-state index contributed by atoms with van der Waals surface area (Å²) < 4.78 is 61.9. The third-order valence-electron chi connectivity index (χ3n) is 6.34. The van der Waals surface area contributed by atoms with Crippen LogP contribution in [0.5, 0.6) is 0 Å². The quantitative estimate of drug-likeness (QED) is 0.378. The summed E-state index contributed by atoms with van der Waals surface area (Å²) in [5.74, 6) is -2.81. The molecule has 1 aliphatic carbocycles. The molecule has 29 heavy (non-hydrogen) atoms. The first-order valence-electron chi connectivity index (χ1n) is 10.2. The number of hydrogen-bond acceptors (Lipinski definition) is 1. The normalized spacial score (nSPS) is 23.8. The number of aryl methyl sites for hydroxylation is 1. The lowest BCUT2D eigenvalue weighted by Gasteiger charge is -2.29. The third kappa shape index (κ3) is 4.11. The molecule has 0 aromatic heterocycles. The van der Waals surface area contributed by atoms with Gasteiger partial charge in [0.05, 0.1) is 6.61 Å². The lowest BCUT2D eigenvalue weighted by atomic mass is 9.76. The van der Waals surface area contributed by atoms with E-state index in [2.05, 4.69) is 6.58 Å². The van der Waals surface area contributed by atoms with Crippen LogP contribution >= 0.6 is 0 Å². The number of halogens is 4. The summed E-state index contributed by atoms with van der Waals surface area (Å²) in [6.45, 7) is 3.92. The number of rotatable bonds is 6. The molecule has 1 saturated carbocycles. The first kappa shape index (κ1) is 20.1. The molecule has 5 heteroatoms. The molecule has 1 saturated heterocycles. The monoisotopic (exact) mass is 404 g/mol. The van der Waals surface area contributed by atoms with E-state index in [9.17, 15) is 17.6 Å². The molecule has 1 unspecified atom stereocenters. The van der Waals surface area contributed by atoms with Crippen LogP contribution in [0.1, 0.15) is 66.4 Å². The minimum atomic E-state index is -0.848. The zero-order chi connectivity index (χ0) is 20.5. The van der Waals surface area contributed by atoms with Gasteiger partial charge >= 0.3 is 0 Å². The molecule has 2 aromatic carbocycles. The molecule has 1 nitrogen and oxygen atoms in total. The van der Waals surface area contributed by atoms with Gasteiger partial charge in [0.25, 0.3) is 0 Å². The van der Waals surface area contributed by atoms with E-state index in [1.54, 1.807) is 24.3 Å². The highest BCUT2D eigenvalue weighted by Gasteiger charge is 2.32. The van der Waals surface area contributed by atoms with Gasteiger partial charge in [0, 0.05) is 11.1 Å². The maximum Gasteiger partial charge on any atom is 0.166 e. The lowest BCUT2D eigenvalue weighted by molar-refractivity contribution is 0.303. The molecule has 2 aromatic rings. The maximum atomic E-state index is 14.5. The molecule has 1 heterocycles. The molecular weight excluding hydrogens is 380 g/mol. The second-order valence-corrected chi connectivity index (χ2v) is 8.10. The average molecular weight is 404 g/mol. The van der Waals surface area contributed by atoms with Crippen molar-refractivity contribution in [3.05, 3.63) is 76.4 Å². The topological polar surface area (TPSA) is 12.5 Å². The largest absolute Gasteiger partial charge is 0.368 e. The average Bonchev–Trinajstić information content (AvgIpc) is 3.57. The van der Waals surface area contributed by atoms with Crippen LogP contribution in [-0.2, 0) is 11.2 Å². The van der Waals surface area contributed by atoms with Gasteiger partial charge in [-0.25, -0.2) is 17.6 Å². The molecule has 1 aliphatic heterocycles. The highest BCUT2D eigenvalue weighted by Crippen LogP contribution is 2.41. The van der Waals surface area contributed by atoms with E-state index in [4.69, 9.17) is 4.74 Å². The van der Waals surface area contributed by atoms with Crippen molar-refractivity contribution in [2.75, 3.05) is 6.61 Å². The Labute approximate surface area is 168 Å². The Kier molecular flexibility index (Phi) is 5.77. The molecule has 0 N–H and O–H groups in total. The van der Waals surface area contributed by atoms with Gasteiger partial charge in [0.15, 0.2) is 23.3 Å². The standard InChI is InChI=1S/C24H24F4O/c1-2-15-9-10-17(22(26)21(15)25)8-5-14-3-6-16(7-4-14)18-11-12-19(20-13-29-20)24(28)23(18)27/h2,9-12,14,16,20H,1,3-8,13H2. The number of hydrogen-bond donors (Lipinski definition) is 0. The van der Waals surface area contributed by atoms with Crippen LogP contribution in [0.2, 0.25) is 0 Å². The fourth-order valence-electron chi connectivity index (χ4n) is 4.45. The molecule has 154 valence electrons. The minimum Gasteiger partial charge on any atom is -0.368 e. The van der Waals surface area contributed by atoms with Crippen molar-refractivity contribution in [1.29, 1.82) is 0 Å². The third-order valence-corrected chi connectivity index (χ3v) is 6.34. The molecule has 4 rings (SSSR count). The Balaban J connectivity index is 1.35. The van der Waals surface area contributed by atoms with Crippen LogP contribution in [0.15, 0.2) is 30.8 Å². The van der Waals surface area contributed by atoms with Crippen LogP contribution < -0.4 is 0 Å². The van der Waals surface area contributed by atoms with Gasteiger partial charge in [-0.3, -0.25) is 0 Å². The first-order valence-corrected chi connectivity index (χ1v) is 10.2. The van der Waals surface area contributed by atoms with Gasteiger partial charge in [-0.1, -0.05) is 36.9 Å². The van der Waals surface area contributed by atoms with Crippen molar-refractivity contribution in [2.24, 2.45) is 5.92 Å². The van der Waals surface area contributed by atoms with E-state index in [-0.39, 0.29) is 17.6 Å². The SMILES string of the molecule is C=Cc1ccc(CCC2CCC(c3ccc(C4CO4)c(F)c3F)CC2)c(F)c1F. The number of ether oxygens (including phenoxy) is 1. The molecule has 1 atom stereocenters. The Hall–Kier alpha value is -2.14. The summed E-state index contributed by atoms with van der Waals surface area (Å²) >= 11 is 0. The second kappa shape index (κ2) is 8.31. The second-order valence-electron chi connectivity index (χ2n) is 8.10. The predicted molar refractivity (Wildman–Crippen MR) is 105 cm³/mol. The highest BCUT2D eigenvalue weighted by molar-refractivity contribution is 5.48. The van der Waals surface area contributed by atoms with Gasteiger partial charge in [0.1, 0.15) is 6.10 Å². The van der Waals surface area contributed by atoms with E-state index >= 15 is 0 Å². The Bertz CT molecular complexity index is 912. The van der Waals surface area contributed by atoms with Crippen molar-refractivity contribution < 1.29 is 22.3 Å². The van der Waals surface area contributed by atoms with Crippen molar-refractivity contribution in [1.82, 2.24) is 0 Å². The van der Waals surface area contributed by atoms with Crippen LogP contribution in [0, 0.1) is 29.2 Å². The van der Waals surface area contributed by atoms with Crippen LogP contribution in [0.3, 0.4) is 0 Å². The Morgan fingerprint density at radius 2 is 1.52 bits per heavy atom. The van der Waals surface area contributed by atoms with E-state index in [1.165, 1.54) is 6.08 Å². The Morgan fingerprint density at radius 3 is 2.17 bits per heavy atom. The van der Waals surface area contributed by atoms with E-state index in [0.717, 1.165) is 32.1 Å². The van der Waals surface area contributed by atoms with Crippen molar-refractivity contribution in [3.8, 4) is 0 Å². The maximum absolute atomic E-state index is 14.5. The summed E-state index contributed by atoms with van der Waals surface area (Å²) in [7, 11) is 0. The minimum absolute atomic E-state index is 0.00373. The molecule has 2 aliphatic rings. The van der Waals surface area contributed by atoms with Gasteiger partial charge in [0.2, 0.25) is 0 Å². The smallest absolute Gasteiger partial charge is 0.166 e. The predicted octanol–water partition coefficient (Wildman–Crippen LogP) is 6.86. The van der Waals surface area contributed by atoms with Gasteiger partial charge in [-0.15, -0.1) is 0 Å². The van der Waals surface area contributed by atoms with Gasteiger partial charge in [-0.05, 0) is 61.5 Å². The molecule has 0 bridgehead atoms. The number of benzene rings is 2. The molecule has 2 fully saturated rings. The summed E-state index contributed by atoms with van der Waals surface area (Å²) in [5, 5.41) is 0. The van der Waals surface area contributed by atoms with Crippen LogP contribution in [0.25, 0.3) is 6.08 Å². The summed E-state index contributed by atoms with van der Waals surface area (Å²) in [5.41, 5.74) is 1.29. The van der Waals surface area contributed by atoms with E-state index < -0.39 is 23.3 Å². The van der Waals surface area contributed by atoms with Gasteiger partial charge in [-0.2, -0.15) is 0 Å². The molecular formula is C24H24F4O. The number of epoxide rings is 1. The molecule has 0 spiro atoms. The summed E-state index contributed by atoms with van der Waals surface area (Å²) in [4.78, 5) is 0. The lowest BCUT2D eigenvalue weighted by Crippen LogP contribution is -2.16. The van der Waals surface area contributed by atoms with Crippen molar-refractivity contribution in [3.63, 3.8) is 0 Å². The Morgan fingerprint density at radius 1 is 0.862 bits per heavy atom. The van der Waals surface area contributed by atoms with Crippen molar-refractivity contribution >= 4 is 6.08 Å². The van der Waals surface area contributed by atoms with E-state index in [0.29, 0.717) is 35.6 Å². The summed E-state index contributed by atoms with van der Waals surface area (Å²) in [6, 6.07) is 6.50.